The molecule has 0 spiro atoms. The van der Waals surface area contributed by atoms with Gasteiger partial charge in [-0.1, -0.05) is 89.4 Å². The number of Topliss-reactive ketones (excluding diaryl/α,β-unsaturated/α-hetero) is 1. The number of ketones is 1. The molecule has 1 aliphatic carbocycles. The molecule has 6 heteroatoms. The minimum atomic E-state index is -0.591. The number of benzene rings is 4. The molecule has 0 bridgehead atoms. The number of aryl methyl sites for hydroxylation is 1. The van der Waals surface area contributed by atoms with Gasteiger partial charge in [-0.2, -0.15) is 0 Å². The molecule has 1 N–H and O–H groups in total. The third-order valence-corrected chi connectivity index (χ3v) is 8.28. The van der Waals surface area contributed by atoms with Gasteiger partial charge in [-0.3, -0.25) is 14.5 Å². The Kier molecular flexibility index (Phi) is 6.76. The highest BCUT2D eigenvalue weighted by Crippen LogP contribution is 2.48. The van der Waals surface area contributed by atoms with Crippen molar-refractivity contribution in [3.05, 3.63) is 141 Å². The average molecular weight is 553 g/mol. The first-order chi connectivity index (χ1) is 18.9. The van der Waals surface area contributed by atoms with Crippen molar-refractivity contribution in [1.82, 2.24) is 0 Å². The normalized spacial score (nSPS) is 18.6. The van der Waals surface area contributed by atoms with Gasteiger partial charge in [0.25, 0.3) is 5.91 Å². The third kappa shape index (κ3) is 4.75. The molecule has 0 fully saturated rings. The topological polar surface area (TPSA) is 49.4 Å². The van der Waals surface area contributed by atoms with Crippen LogP contribution in [0, 0.1) is 6.92 Å². The van der Waals surface area contributed by atoms with E-state index in [1.807, 2.05) is 97.9 Å². The van der Waals surface area contributed by atoms with Crippen LogP contribution in [0.25, 0.3) is 0 Å². The quantitative estimate of drug-likeness (QED) is 0.277. The summed E-state index contributed by atoms with van der Waals surface area (Å²) in [5.74, 6) is -0.228. The molecular weight excluding hydrogens is 527 g/mol. The zero-order chi connectivity index (χ0) is 27.1. The molecule has 0 unspecified atom stereocenters. The Hall–Kier alpha value is -3.86. The van der Waals surface area contributed by atoms with Gasteiger partial charge in [-0.25, -0.2) is 0 Å². The summed E-state index contributed by atoms with van der Waals surface area (Å²) < 4.78 is 0. The highest BCUT2D eigenvalue weighted by Gasteiger charge is 2.41. The Morgan fingerprint density at radius 2 is 1.51 bits per heavy atom. The fourth-order valence-corrected chi connectivity index (χ4v) is 5.91. The summed E-state index contributed by atoms with van der Waals surface area (Å²) in [4.78, 5) is 30.1. The second-order valence-corrected chi connectivity index (χ2v) is 10.9. The van der Waals surface area contributed by atoms with Crippen LogP contribution in [0.15, 0.2) is 108 Å². The van der Waals surface area contributed by atoms with E-state index in [0.29, 0.717) is 34.0 Å². The van der Waals surface area contributed by atoms with Crippen molar-refractivity contribution in [1.29, 1.82) is 0 Å². The molecule has 1 amide bonds. The van der Waals surface area contributed by atoms with Gasteiger partial charge in [0.2, 0.25) is 0 Å². The molecule has 4 aromatic rings. The summed E-state index contributed by atoms with van der Waals surface area (Å²) in [5, 5.41) is 4.53. The van der Waals surface area contributed by atoms with Gasteiger partial charge < -0.3 is 5.32 Å². The van der Waals surface area contributed by atoms with Gasteiger partial charge in [0, 0.05) is 23.3 Å². The first kappa shape index (κ1) is 25.4. The molecule has 0 radical (unpaired) electrons. The second-order valence-electron chi connectivity index (χ2n) is 10.1. The number of hydrogen-bond donors (Lipinski definition) is 1. The minimum Gasteiger partial charge on any atom is -0.357 e. The molecule has 0 saturated carbocycles. The molecule has 0 saturated heterocycles. The predicted molar refractivity (Wildman–Crippen MR) is 158 cm³/mol. The first-order valence-corrected chi connectivity index (χ1v) is 13.7. The maximum Gasteiger partial charge on any atom is 0.259 e. The Morgan fingerprint density at radius 1 is 0.821 bits per heavy atom. The standard InChI is InChI=1S/C33H26Cl2N2O2/c1-20-11-13-21(14-12-20)32-31-28(18-24(19-30(31)38)23-15-16-25(34)26(35)17-23)36-27-9-5-6-10-29(27)37(32)33(39)22-7-3-2-4-8-22/h2-17,24,32,36H,18-19H2,1H3/t24-,32-/m0/s1. The molecule has 4 aromatic carbocycles. The molecule has 2 atom stereocenters. The number of amides is 1. The Bertz CT molecular complexity index is 1610. The number of anilines is 2. The van der Waals surface area contributed by atoms with E-state index < -0.39 is 6.04 Å². The number of hydrogen-bond acceptors (Lipinski definition) is 3. The van der Waals surface area contributed by atoms with Crippen LogP contribution in [0.4, 0.5) is 11.4 Å². The predicted octanol–water partition coefficient (Wildman–Crippen LogP) is 8.52. The van der Waals surface area contributed by atoms with Crippen LogP contribution in [0.3, 0.4) is 0 Å². The van der Waals surface area contributed by atoms with Crippen molar-refractivity contribution >= 4 is 46.3 Å². The van der Waals surface area contributed by atoms with E-state index in [1.165, 1.54) is 0 Å². The number of carbonyl (C=O) groups excluding carboxylic acids is 2. The van der Waals surface area contributed by atoms with Crippen molar-refractivity contribution in [3.8, 4) is 0 Å². The smallest absolute Gasteiger partial charge is 0.259 e. The monoisotopic (exact) mass is 552 g/mol. The lowest BCUT2D eigenvalue weighted by atomic mass is 9.78. The maximum absolute atomic E-state index is 14.2. The molecule has 194 valence electrons. The van der Waals surface area contributed by atoms with Crippen LogP contribution in [0.1, 0.15) is 51.8 Å². The lowest BCUT2D eigenvalue weighted by Gasteiger charge is -2.35. The molecule has 39 heavy (non-hydrogen) atoms. The van der Waals surface area contributed by atoms with E-state index in [4.69, 9.17) is 23.2 Å². The number of halogens is 2. The van der Waals surface area contributed by atoms with Gasteiger partial charge in [0.15, 0.2) is 5.78 Å². The summed E-state index contributed by atoms with van der Waals surface area (Å²) in [6, 6.07) is 30.0. The summed E-state index contributed by atoms with van der Waals surface area (Å²) in [5.41, 5.74) is 6.47. The number of fused-ring (bicyclic) bond motifs is 1. The van der Waals surface area contributed by atoms with Crippen molar-refractivity contribution in [3.63, 3.8) is 0 Å². The molecule has 4 nitrogen and oxygen atoms in total. The number of para-hydroxylation sites is 2. The summed E-state index contributed by atoms with van der Waals surface area (Å²) in [7, 11) is 0. The van der Waals surface area contributed by atoms with Gasteiger partial charge >= 0.3 is 0 Å². The summed E-state index contributed by atoms with van der Waals surface area (Å²) in [6.45, 7) is 2.03. The van der Waals surface area contributed by atoms with Crippen LogP contribution in [0.2, 0.25) is 10.0 Å². The largest absolute Gasteiger partial charge is 0.357 e. The number of allylic oxidation sites excluding steroid dienone is 1. The Labute approximate surface area is 237 Å². The van der Waals surface area contributed by atoms with E-state index in [2.05, 4.69) is 5.32 Å². The van der Waals surface area contributed by atoms with E-state index >= 15 is 0 Å². The summed E-state index contributed by atoms with van der Waals surface area (Å²) in [6.07, 6.45) is 0.910. The fraction of sp³-hybridized carbons (Fsp3) is 0.152. The highest BCUT2D eigenvalue weighted by molar-refractivity contribution is 6.42. The zero-order valence-corrected chi connectivity index (χ0v) is 22.8. The summed E-state index contributed by atoms with van der Waals surface area (Å²) >= 11 is 12.5. The van der Waals surface area contributed by atoms with E-state index in [9.17, 15) is 9.59 Å². The molecule has 1 heterocycles. The van der Waals surface area contributed by atoms with Crippen molar-refractivity contribution in [2.75, 3.05) is 10.2 Å². The lowest BCUT2D eigenvalue weighted by Crippen LogP contribution is -2.38. The van der Waals surface area contributed by atoms with Crippen LogP contribution >= 0.6 is 23.2 Å². The van der Waals surface area contributed by atoms with Crippen LogP contribution in [-0.2, 0) is 4.79 Å². The van der Waals surface area contributed by atoms with Gasteiger partial charge in [-0.05, 0) is 66.8 Å². The highest BCUT2D eigenvalue weighted by atomic mass is 35.5. The van der Waals surface area contributed by atoms with Gasteiger partial charge in [-0.15, -0.1) is 0 Å². The van der Waals surface area contributed by atoms with E-state index in [0.717, 1.165) is 33.8 Å². The number of carbonyl (C=O) groups is 2. The minimum absolute atomic E-state index is 0.00376. The third-order valence-electron chi connectivity index (χ3n) is 7.54. The van der Waals surface area contributed by atoms with Gasteiger partial charge in [0.1, 0.15) is 0 Å². The molecule has 2 aliphatic rings. The van der Waals surface area contributed by atoms with Crippen molar-refractivity contribution in [2.45, 2.75) is 31.7 Å². The van der Waals surface area contributed by atoms with Crippen LogP contribution in [0.5, 0.6) is 0 Å². The number of nitrogens with zero attached hydrogens (tertiary/aromatic N) is 1. The lowest BCUT2D eigenvalue weighted by molar-refractivity contribution is -0.116. The molecule has 6 rings (SSSR count). The maximum atomic E-state index is 14.2. The SMILES string of the molecule is Cc1ccc([C@H]2C3=C(C[C@H](c4ccc(Cl)c(Cl)c4)CC3=O)Nc3ccccc3N2C(=O)c2ccccc2)cc1. The Balaban J connectivity index is 1.55. The second kappa shape index (κ2) is 10.4. The molecule has 0 aromatic heterocycles. The number of nitrogens with one attached hydrogen (secondary N) is 1. The van der Waals surface area contributed by atoms with Crippen LogP contribution in [-0.4, -0.2) is 11.7 Å². The number of rotatable bonds is 3. The molecule has 1 aliphatic heterocycles. The fourth-order valence-electron chi connectivity index (χ4n) is 5.60. The zero-order valence-electron chi connectivity index (χ0n) is 21.3. The van der Waals surface area contributed by atoms with E-state index in [-0.39, 0.29) is 17.6 Å². The average Bonchev–Trinajstić information content (AvgIpc) is 3.10. The van der Waals surface area contributed by atoms with Crippen molar-refractivity contribution in [2.24, 2.45) is 0 Å². The van der Waals surface area contributed by atoms with Crippen LogP contribution < -0.4 is 10.2 Å². The Morgan fingerprint density at radius 3 is 2.26 bits per heavy atom. The first-order valence-electron chi connectivity index (χ1n) is 12.9. The molecular formula is C33H26Cl2N2O2. The van der Waals surface area contributed by atoms with E-state index in [1.54, 1.807) is 11.0 Å². The van der Waals surface area contributed by atoms with Crippen molar-refractivity contribution < 1.29 is 9.59 Å². The van der Waals surface area contributed by atoms with Gasteiger partial charge in [0.05, 0.1) is 27.5 Å².